The van der Waals surface area contributed by atoms with Gasteiger partial charge in [-0.15, -0.1) is 11.8 Å². The predicted molar refractivity (Wildman–Crippen MR) is 132 cm³/mol. The van der Waals surface area contributed by atoms with Gasteiger partial charge >= 0.3 is 11.9 Å². The molecule has 0 radical (unpaired) electrons. The highest BCUT2D eigenvalue weighted by atomic mass is 32.2. The fourth-order valence-electron chi connectivity index (χ4n) is 2.75. The van der Waals surface area contributed by atoms with Gasteiger partial charge in [-0.2, -0.15) is 0 Å². The number of esters is 1. The fourth-order valence-corrected chi connectivity index (χ4v) is 3.74. The van der Waals surface area contributed by atoms with Crippen LogP contribution in [0.2, 0.25) is 0 Å². The van der Waals surface area contributed by atoms with Gasteiger partial charge in [0.05, 0.1) is 25.6 Å². The van der Waals surface area contributed by atoms with Crippen LogP contribution in [-0.4, -0.2) is 68.4 Å². The Labute approximate surface area is 202 Å². The van der Waals surface area contributed by atoms with Crippen LogP contribution in [-0.2, 0) is 40.4 Å². The minimum Gasteiger partial charge on any atom is -0.481 e. The van der Waals surface area contributed by atoms with Crippen molar-refractivity contribution >= 4 is 30.0 Å². The number of carboxylic acid groups (broad SMARTS) is 1. The largest absolute Gasteiger partial charge is 0.481 e. The van der Waals surface area contributed by atoms with Crippen molar-refractivity contribution < 1.29 is 33.7 Å². The van der Waals surface area contributed by atoms with E-state index in [0.717, 1.165) is 18.5 Å². The molecule has 0 bridgehead atoms. The molecule has 1 atom stereocenters. The Morgan fingerprint density at radius 2 is 1.79 bits per heavy atom. The van der Waals surface area contributed by atoms with Crippen molar-refractivity contribution in [1.29, 1.82) is 0 Å². The summed E-state index contributed by atoms with van der Waals surface area (Å²) in [4.78, 5) is 34.1. The average molecular weight is 485 g/mol. The van der Waals surface area contributed by atoms with E-state index < -0.39 is 11.4 Å². The number of ether oxygens (including phenoxy) is 3. The minimum atomic E-state index is -1.19. The van der Waals surface area contributed by atoms with Crippen LogP contribution >= 0.6 is 11.8 Å². The van der Waals surface area contributed by atoms with Crippen molar-refractivity contribution in [3.63, 3.8) is 0 Å². The van der Waals surface area contributed by atoms with Gasteiger partial charge in [-0.25, -0.2) is 0 Å². The highest BCUT2D eigenvalue weighted by Crippen LogP contribution is 2.28. The van der Waals surface area contributed by atoms with Crippen LogP contribution in [0.1, 0.15) is 52.2 Å². The summed E-state index contributed by atoms with van der Waals surface area (Å²) in [6.45, 7) is 11.0. The number of carbonyl (C=O) groups is 3. The average Bonchev–Trinajstić information content (AvgIpc) is 2.77. The van der Waals surface area contributed by atoms with Gasteiger partial charge in [-0.1, -0.05) is 38.1 Å². The van der Waals surface area contributed by atoms with Gasteiger partial charge in [-0.05, 0) is 43.7 Å². The number of carboxylic acids is 1. The highest BCUT2D eigenvalue weighted by molar-refractivity contribution is 7.99. The zero-order valence-corrected chi connectivity index (χ0v) is 21.7. The Hall–Kier alpha value is -1.90. The smallest absolute Gasteiger partial charge is 0.316 e. The van der Waals surface area contributed by atoms with Crippen LogP contribution in [0, 0.1) is 5.41 Å². The van der Waals surface area contributed by atoms with Crippen LogP contribution in [0.25, 0.3) is 0 Å². The number of aldehydes is 1. The van der Waals surface area contributed by atoms with E-state index in [1.54, 1.807) is 27.0 Å². The number of hydrogen-bond donors (Lipinski definition) is 1. The molecular weight excluding hydrogens is 444 g/mol. The van der Waals surface area contributed by atoms with Crippen molar-refractivity contribution in [3.05, 3.63) is 35.4 Å². The first kappa shape index (κ1) is 31.1. The maximum absolute atomic E-state index is 12.0. The van der Waals surface area contributed by atoms with Crippen LogP contribution in [0.5, 0.6) is 0 Å². The first-order valence-electron chi connectivity index (χ1n) is 11.1. The lowest BCUT2D eigenvalue weighted by molar-refractivity contribution is -0.146. The summed E-state index contributed by atoms with van der Waals surface area (Å²) in [5, 5.41) is 9.84. The Morgan fingerprint density at radius 3 is 2.33 bits per heavy atom. The molecule has 0 aromatic heterocycles. The molecule has 0 amide bonds. The van der Waals surface area contributed by atoms with E-state index in [1.165, 1.54) is 11.8 Å². The lowest BCUT2D eigenvalue weighted by Crippen LogP contribution is -2.39. The summed E-state index contributed by atoms with van der Waals surface area (Å²) in [6.07, 6.45) is 1.84. The van der Waals surface area contributed by atoms with Gasteiger partial charge in [0.25, 0.3) is 0 Å². The summed E-state index contributed by atoms with van der Waals surface area (Å²) in [5.74, 6) is -0.212. The third-order valence-corrected chi connectivity index (χ3v) is 6.20. The lowest BCUT2D eigenvalue weighted by atomic mass is 9.82. The second-order valence-electron chi connectivity index (χ2n) is 8.58. The molecule has 0 heterocycles. The van der Waals surface area contributed by atoms with Gasteiger partial charge in [0.15, 0.2) is 0 Å². The Morgan fingerprint density at radius 1 is 1.12 bits per heavy atom. The molecule has 0 aliphatic rings. The molecule has 33 heavy (non-hydrogen) atoms. The Kier molecular flexibility index (Phi) is 15.7. The van der Waals surface area contributed by atoms with E-state index in [2.05, 4.69) is 4.74 Å². The van der Waals surface area contributed by atoms with E-state index in [1.807, 2.05) is 39.0 Å². The quantitative estimate of drug-likeness (QED) is 0.293. The number of thioether (sulfide) groups is 1. The molecule has 188 valence electrons. The summed E-state index contributed by atoms with van der Waals surface area (Å²) in [5.41, 5.74) is 0.175. The molecule has 0 aliphatic carbocycles. The van der Waals surface area contributed by atoms with Gasteiger partial charge in [0.1, 0.15) is 11.7 Å². The molecule has 8 heteroatoms. The molecule has 1 aromatic carbocycles. The van der Waals surface area contributed by atoms with Crippen molar-refractivity contribution in [2.75, 3.05) is 45.0 Å². The molecule has 1 N–H and O–H groups in total. The molecule has 1 rings (SSSR count). The highest BCUT2D eigenvalue weighted by Gasteiger charge is 2.36. The fraction of sp³-hybridized carbons (Fsp3) is 0.640. The standard InChI is InChI=1S/C22H32O6S.C3H8O/c1-5-28-19(24)13-29-16-21(2,3)14-27-15-22(4,20(25)26)18-10-6-8-17(12-18)9-7-11-23;1-3-4-2/h6,8,10-12H,5,7,9,13-16H2,1-4H3,(H,25,26);3H2,1-2H3. The first-order valence-corrected chi connectivity index (χ1v) is 12.3. The number of hydrogen-bond acceptors (Lipinski definition) is 7. The summed E-state index contributed by atoms with van der Waals surface area (Å²) in [7, 11) is 1.68. The van der Waals surface area contributed by atoms with Crippen LogP contribution in [0.15, 0.2) is 24.3 Å². The SMILES string of the molecule is CCOC.CCOC(=O)CSCC(C)(C)COCC(C)(C(=O)O)c1cccc(CCC=O)c1. The van der Waals surface area contributed by atoms with Crippen molar-refractivity contribution in [1.82, 2.24) is 0 Å². The Balaban J connectivity index is 0.00000235. The first-order chi connectivity index (χ1) is 15.6. The van der Waals surface area contributed by atoms with E-state index >= 15 is 0 Å². The summed E-state index contributed by atoms with van der Waals surface area (Å²) in [6, 6.07) is 7.32. The van der Waals surface area contributed by atoms with Gasteiger partial charge in [0.2, 0.25) is 0 Å². The van der Waals surface area contributed by atoms with Crippen molar-refractivity contribution in [3.8, 4) is 0 Å². The van der Waals surface area contributed by atoms with E-state index in [0.29, 0.717) is 37.4 Å². The van der Waals surface area contributed by atoms with Gasteiger partial charge < -0.3 is 24.1 Å². The number of rotatable bonds is 15. The second-order valence-corrected chi connectivity index (χ2v) is 9.56. The number of methoxy groups -OCH3 is 1. The number of aryl methyl sites for hydroxylation is 1. The van der Waals surface area contributed by atoms with E-state index in [4.69, 9.17) is 9.47 Å². The summed E-state index contributed by atoms with van der Waals surface area (Å²) >= 11 is 1.48. The minimum absolute atomic E-state index is 0.0332. The van der Waals surface area contributed by atoms with Crippen LogP contribution < -0.4 is 0 Å². The number of benzene rings is 1. The summed E-state index contributed by atoms with van der Waals surface area (Å²) < 4.78 is 15.3. The van der Waals surface area contributed by atoms with Crippen molar-refractivity contribution in [2.45, 2.75) is 52.9 Å². The Bertz CT molecular complexity index is 718. The molecule has 0 fully saturated rings. The van der Waals surface area contributed by atoms with Gasteiger partial charge in [0, 0.05) is 25.9 Å². The molecule has 1 aromatic rings. The predicted octanol–water partition coefficient (Wildman–Crippen LogP) is 4.15. The molecular formula is C25H40O7S. The third kappa shape index (κ3) is 12.8. The zero-order valence-electron chi connectivity index (χ0n) is 20.8. The van der Waals surface area contributed by atoms with Gasteiger partial charge in [-0.3, -0.25) is 9.59 Å². The van der Waals surface area contributed by atoms with Crippen LogP contribution in [0.3, 0.4) is 0 Å². The maximum atomic E-state index is 12.0. The lowest BCUT2D eigenvalue weighted by Gasteiger charge is -2.29. The molecule has 0 spiro atoms. The topological polar surface area (TPSA) is 99.1 Å². The van der Waals surface area contributed by atoms with Crippen LogP contribution in [0.4, 0.5) is 0 Å². The molecule has 7 nitrogen and oxygen atoms in total. The molecule has 0 aliphatic heterocycles. The molecule has 1 unspecified atom stereocenters. The molecule has 0 saturated carbocycles. The van der Waals surface area contributed by atoms with E-state index in [-0.39, 0.29) is 23.7 Å². The maximum Gasteiger partial charge on any atom is 0.316 e. The number of carbonyl (C=O) groups excluding carboxylic acids is 2. The second kappa shape index (κ2) is 16.7. The van der Waals surface area contributed by atoms with Crippen molar-refractivity contribution in [2.24, 2.45) is 5.41 Å². The monoisotopic (exact) mass is 484 g/mol. The zero-order chi connectivity index (χ0) is 25.3. The molecule has 0 saturated heterocycles. The third-order valence-electron chi connectivity index (χ3n) is 4.78. The van der Waals surface area contributed by atoms with E-state index in [9.17, 15) is 19.5 Å². The normalized spacial score (nSPS) is 12.8. The number of aliphatic carboxylic acids is 1.